The predicted molar refractivity (Wildman–Crippen MR) is 80.1 cm³/mol. The lowest BCUT2D eigenvalue weighted by Gasteiger charge is -2.06. The Labute approximate surface area is 124 Å². The summed E-state index contributed by atoms with van der Waals surface area (Å²) in [5.41, 5.74) is 1.67. The number of halogens is 2. The van der Waals surface area contributed by atoms with Crippen LogP contribution in [0.25, 0.3) is 0 Å². The van der Waals surface area contributed by atoms with Gasteiger partial charge >= 0.3 is 0 Å². The van der Waals surface area contributed by atoms with Crippen LogP contribution in [0.15, 0.2) is 37.9 Å². The maximum absolute atomic E-state index is 10.9. The largest absolute Gasteiger partial charge is 0.375 e. The summed E-state index contributed by atoms with van der Waals surface area (Å²) in [7, 11) is 0. The summed E-state index contributed by atoms with van der Waals surface area (Å²) < 4.78 is 1.74. The highest BCUT2D eigenvalue weighted by molar-refractivity contribution is 9.11. The third-order valence-corrected chi connectivity index (χ3v) is 4.31. The standard InChI is InChI=1S/C11H8Br2N2O2S/c12-8-1-2-9(10(4-8)15(16)17)14-5-7-3-11(13)18-6-7/h1-4,6,14H,5H2. The molecule has 0 saturated heterocycles. The van der Waals surface area contributed by atoms with Crippen LogP contribution in [0.5, 0.6) is 0 Å². The summed E-state index contributed by atoms with van der Waals surface area (Å²) in [4.78, 5) is 10.5. The molecule has 0 saturated carbocycles. The van der Waals surface area contributed by atoms with Crippen LogP contribution >= 0.6 is 43.2 Å². The molecular weight excluding hydrogens is 384 g/mol. The molecule has 2 rings (SSSR count). The molecule has 0 unspecified atom stereocenters. The van der Waals surface area contributed by atoms with E-state index in [-0.39, 0.29) is 5.69 Å². The average molecular weight is 392 g/mol. The van der Waals surface area contributed by atoms with E-state index in [1.165, 1.54) is 6.07 Å². The molecule has 4 nitrogen and oxygen atoms in total. The van der Waals surface area contributed by atoms with Crippen molar-refractivity contribution in [3.8, 4) is 0 Å². The minimum Gasteiger partial charge on any atom is -0.375 e. The fourth-order valence-electron chi connectivity index (χ4n) is 1.44. The predicted octanol–water partition coefficient (Wildman–Crippen LogP) is 4.79. The second-order valence-corrected chi connectivity index (χ2v) is 6.74. The number of hydrogen-bond donors (Lipinski definition) is 1. The van der Waals surface area contributed by atoms with E-state index in [9.17, 15) is 10.1 Å². The van der Waals surface area contributed by atoms with Gasteiger partial charge in [-0.1, -0.05) is 15.9 Å². The molecule has 0 radical (unpaired) electrons. The van der Waals surface area contributed by atoms with E-state index in [0.29, 0.717) is 16.7 Å². The Morgan fingerprint density at radius 2 is 2.11 bits per heavy atom. The lowest BCUT2D eigenvalue weighted by Crippen LogP contribution is -2.01. The first-order chi connectivity index (χ1) is 8.56. The Kier molecular flexibility index (Phi) is 4.36. The molecule has 1 heterocycles. The van der Waals surface area contributed by atoms with Crippen molar-refractivity contribution in [1.82, 2.24) is 0 Å². The minimum atomic E-state index is -0.392. The summed E-state index contributed by atoms with van der Waals surface area (Å²) >= 11 is 8.20. The van der Waals surface area contributed by atoms with Crippen LogP contribution in [0.1, 0.15) is 5.56 Å². The van der Waals surface area contributed by atoms with E-state index >= 15 is 0 Å². The number of rotatable bonds is 4. The van der Waals surface area contributed by atoms with Gasteiger partial charge < -0.3 is 5.32 Å². The van der Waals surface area contributed by atoms with Gasteiger partial charge in [-0.05, 0) is 45.1 Å². The van der Waals surface area contributed by atoms with E-state index in [1.54, 1.807) is 23.5 Å². The molecule has 0 bridgehead atoms. The van der Waals surface area contributed by atoms with Gasteiger partial charge in [-0.3, -0.25) is 10.1 Å². The molecule has 7 heteroatoms. The Morgan fingerprint density at radius 1 is 1.33 bits per heavy atom. The zero-order chi connectivity index (χ0) is 13.1. The molecule has 1 aromatic carbocycles. The molecule has 0 spiro atoms. The molecule has 0 atom stereocenters. The molecule has 2 aromatic rings. The van der Waals surface area contributed by atoms with Crippen molar-refractivity contribution >= 4 is 54.6 Å². The van der Waals surface area contributed by atoms with Crippen LogP contribution in [0.2, 0.25) is 0 Å². The number of anilines is 1. The van der Waals surface area contributed by atoms with E-state index in [0.717, 1.165) is 9.35 Å². The smallest absolute Gasteiger partial charge is 0.293 e. The third kappa shape index (κ3) is 3.30. The normalized spacial score (nSPS) is 10.3. The van der Waals surface area contributed by atoms with Crippen molar-refractivity contribution < 1.29 is 4.92 Å². The number of hydrogen-bond acceptors (Lipinski definition) is 4. The fourth-order valence-corrected chi connectivity index (χ4v) is 3.00. The van der Waals surface area contributed by atoms with Gasteiger partial charge in [0.15, 0.2) is 0 Å². The summed E-state index contributed by atoms with van der Waals surface area (Å²) in [6.07, 6.45) is 0. The Balaban J connectivity index is 2.16. The van der Waals surface area contributed by atoms with Gasteiger partial charge in [-0.15, -0.1) is 11.3 Å². The Morgan fingerprint density at radius 3 is 2.72 bits per heavy atom. The number of benzene rings is 1. The number of nitro benzene ring substituents is 1. The molecule has 1 aromatic heterocycles. The molecule has 0 amide bonds. The molecule has 0 aliphatic carbocycles. The quantitative estimate of drug-likeness (QED) is 0.601. The first-order valence-electron chi connectivity index (χ1n) is 4.97. The maximum Gasteiger partial charge on any atom is 0.293 e. The number of nitro groups is 1. The first-order valence-corrected chi connectivity index (χ1v) is 7.43. The van der Waals surface area contributed by atoms with Crippen molar-refractivity contribution in [3.63, 3.8) is 0 Å². The molecule has 1 N–H and O–H groups in total. The van der Waals surface area contributed by atoms with Gasteiger partial charge in [-0.2, -0.15) is 0 Å². The van der Waals surface area contributed by atoms with E-state index < -0.39 is 4.92 Å². The van der Waals surface area contributed by atoms with E-state index in [2.05, 4.69) is 37.2 Å². The van der Waals surface area contributed by atoms with Gasteiger partial charge in [0.1, 0.15) is 5.69 Å². The topological polar surface area (TPSA) is 55.2 Å². The van der Waals surface area contributed by atoms with Crippen LogP contribution in [0.4, 0.5) is 11.4 Å². The van der Waals surface area contributed by atoms with Crippen molar-refractivity contribution in [1.29, 1.82) is 0 Å². The highest BCUT2D eigenvalue weighted by atomic mass is 79.9. The van der Waals surface area contributed by atoms with Gasteiger partial charge in [0.25, 0.3) is 5.69 Å². The fraction of sp³-hybridized carbons (Fsp3) is 0.0909. The van der Waals surface area contributed by atoms with Crippen molar-refractivity contribution in [2.24, 2.45) is 0 Å². The van der Waals surface area contributed by atoms with E-state index in [4.69, 9.17) is 0 Å². The van der Waals surface area contributed by atoms with Gasteiger partial charge in [0, 0.05) is 17.1 Å². The van der Waals surface area contributed by atoms with Crippen LogP contribution in [-0.2, 0) is 6.54 Å². The van der Waals surface area contributed by atoms with Crippen LogP contribution in [0, 0.1) is 10.1 Å². The highest BCUT2D eigenvalue weighted by Crippen LogP contribution is 2.29. The van der Waals surface area contributed by atoms with Crippen molar-refractivity contribution in [2.45, 2.75) is 6.54 Å². The van der Waals surface area contributed by atoms with Crippen LogP contribution in [0.3, 0.4) is 0 Å². The second-order valence-electron chi connectivity index (χ2n) is 3.53. The molecule has 0 fully saturated rings. The third-order valence-electron chi connectivity index (χ3n) is 2.26. The summed E-state index contributed by atoms with van der Waals surface area (Å²) in [6.45, 7) is 0.560. The minimum absolute atomic E-state index is 0.0682. The Bertz CT molecular complexity index is 586. The monoisotopic (exact) mass is 390 g/mol. The zero-order valence-electron chi connectivity index (χ0n) is 9.02. The average Bonchev–Trinajstić information content (AvgIpc) is 2.73. The Hall–Kier alpha value is -0.920. The molecule has 0 aliphatic heterocycles. The van der Waals surface area contributed by atoms with Gasteiger partial charge in [0.2, 0.25) is 0 Å². The first kappa shape index (κ1) is 13.5. The van der Waals surface area contributed by atoms with Gasteiger partial charge in [0.05, 0.1) is 8.71 Å². The second kappa shape index (κ2) is 5.81. The molecule has 94 valence electrons. The SMILES string of the molecule is O=[N+]([O-])c1cc(Br)ccc1NCc1csc(Br)c1. The van der Waals surface area contributed by atoms with Crippen molar-refractivity contribution in [3.05, 3.63) is 53.6 Å². The molecular formula is C11H8Br2N2O2S. The number of nitrogens with zero attached hydrogens (tertiary/aromatic N) is 1. The lowest BCUT2D eigenvalue weighted by atomic mass is 10.2. The summed E-state index contributed by atoms with van der Waals surface area (Å²) in [6, 6.07) is 6.96. The van der Waals surface area contributed by atoms with Crippen molar-refractivity contribution in [2.75, 3.05) is 5.32 Å². The highest BCUT2D eigenvalue weighted by Gasteiger charge is 2.13. The van der Waals surface area contributed by atoms with Crippen LogP contribution in [-0.4, -0.2) is 4.92 Å². The number of thiophene rings is 1. The van der Waals surface area contributed by atoms with Gasteiger partial charge in [-0.25, -0.2) is 0 Å². The van der Waals surface area contributed by atoms with E-state index in [1.807, 2.05) is 11.4 Å². The summed E-state index contributed by atoms with van der Waals surface area (Å²) in [5, 5.41) is 16.0. The van der Waals surface area contributed by atoms with Crippen LogP contribution < -0.4 is 5.32 Å². The zero-order valence-corrected chi connectivity index (χ0v) is 13.0. The summed E-state index contributed by atoms with van der Waals surface area (Å²) in [5.74, 6) is 0. The molecule has 18 heavy (non-hydrogen) atoms. The number of nitrogens with one attached hydrogen (secondary N) is 1. The molecule has 0 aliphatic rings. The lowest BCUT2D eigenvalue weighted by molar-refractivity contribution is -0.384. The maximum atomic E-state index is 10.9.